The van der Waals surface area contributed by atoms with Crippen molar-refractivity contribution in [2.75, 3.05) is 5.32 Å². The molecule has 33 heavy (non-hydrogen) atoms. The van der Waals surface area contributed by atoms with Gasteiger partial charge in [-0.1, -0.05) is 68.8 Å². The molecule has 3 heteroatoms. The number of amides is 1. The Bertz CT molecular complexity index is 852. The monoisotopic (exact) mass is 477 g/mol. The van der Waals surface area contributed by atoms with Crippen molar-refractivity contribution in [3.8, 4) is 0 Å². The minimum atomic E-state index is -0.0338. The molecular formula is C30H31FeNO+2. The Morgan fingerprint density at radius 3 is 1.76 bits per heavy atom. The molecular weight excluding hydrogens is 446 g/mol. The van der Waals surface area contributed by atoms with Crippen molar-refractivity contribution in [3.05, 3.63) is 135 Å². The third kappa shape index (κ3) is 8.16. The zero-order chi connectivity index (χ0) is 22.8. The second-order valence-electron chi connectivity index (χ2n) is 7.93. The molecule has 4 rings (SSSR count). The maximum Gasteiger partial charge on any atom is 2.00 e. The molecule has 2 nitrogen and oxygen atoms in total. The minimum Gasteiger partial charge on any atom is -0.326 e. The first kappa shape index (κ1) is 27.4. The number of rotatable bonds is 6. The maximum absolute atomic E-state index is 11.9. The van der Waals surface area contributed by atoms with Crippen molar-refractivity contribution in [2.45, 2.75) is 27.2 Å². The van der Waals surface area contributed by atoms with Gasteiger partial charge in [0.05, 0.1) is 0 Å². The molecule has 1 amide bonds. The first-order chi connectivity index (χ1) is 15.6. The van der Waals surface area contributed by atoms with Gasteiger partial charge in [-0.3, -0.25) is 4.79 Å². The van der Waals surface area contributed by atoms with Crippen molar-refractivity contribution in [1.82, 2.24) is 0 Å². The molecule has 0 aromatic heterocycles. The molecule has 2 aromatic carbocycles. The molecule has 2 saturated carbocycles. The van der Waals surface area contributed by atoms with E-state index in [4.69, 9.17) is 0 Å². The summed E-state index contributed by atoms with van der Waals surface area (Å²) in [5.41, 5.74) is 5.75. The van der Waals surface area contributed by atoms with Crippen LogP contribution in [0.5, 0.6) is 0 Å². The zero-order valence-corrected chi connectivity index (χ0v) is 20.5. The molecule has 0 heterocycles. The van der Waals surface area contributed by atoms with Crippen molar-refractivity contribution >= 4 is 17.2 Å². The third-order valence-electron chi connectivity index (χ3n) is 5.25. The average Bonchev–Trinajstić information content (AvgIpc) is 3.56. The van der Waals surface area contributed by atoms with Crippen LogP contribution in [0, 0.1) is 69.6 Å². The molecule has 10 radical (unpaired) electrons. The van der Waals surface area contributed by atoms with E-state index in [1.807, 2.05) is 64.2 Å². The largest absolute Gasteiger partial charge is 2.00 e. The van der Waals surface area contributed by atoms with Crippen LogP contribution in [0.2, 0.25) is 0 Å². The van der Waals surface area contributed by atoms with Crippen LogP contribution in [0.4, 0.5) is 5.69 Å². The number of nitrogens with one attached hydrogen (secondary N) is 1. The van der Waals surface area contributed by atoms with E-state index >= 15 is 0 Å². The van der Waals surface area contributed by atoms with Crippen LogP contribution in [0.15, 0.2) is 60.2 Å². The Morgan fingerprint density at radius 2 is 1.27 bits per heavy atom. The van der Waals surface area contributed by atoms with E-state index in [-0.39, 0.29) is 28.9 Å². The van der Waals surface area contributed by atoms with Crippen molar-refractivity contribution in [2.24, 2.45) is 5.92 Å². The van der Waals surface area contributed by atoms with Gasteiger partial charge in [-0.2, -0.15) is 0 Å². The third-order valence-corrected chi connectivity index (χ3v) is 5.25. The second kappa shape index (κ2) is 14.4. The van der Waals surface area contributed by atoms with Crippen molar-refractivity contribution in [3.63, 3.8) is 0 Å². The molecule has 0 atom stereocenters. The van der Waals surface area contributed by atoms with Crippen LogP contribution in [-0.4, -0.2) is 5.91 Å². The molecule has 0 spiro atoms. The minimum absolute atomic E-state index is 0. The summed E-state index contributed by atoms with van der Waals surface area (Å²) in [5, 5.41) is 2.96. The van der Waals surface area contributed by atoms with Crippen LogP contribution >= 0.6 is 0 Å². The van der Waals surface area contributed by atoms with E-state index in [1.165, 1.54) is 22.6 Å². The molecule has 2 aromatic rings. The smallest absolute Gasteiger partial charge is 0.326 e. The molecule has 0 aliphatic heterocycles. The van der Waals surface area contributed by atoms with E-state index in [1.54, 1.807) is 0 Å². The number of hydrogen-bond donors (Lipinski definition) is 1. The predicted octanol–water partition coefficient (Wildman–Crippen LogP) is 6.92. The Labute approximate surface area is 212 Å². The number of anilines is 1. The van der Waals surface area contributed by atoms with Gasteiger partial charge in [0.15, 0.2) is 0 Å². The zero-order valence-electron chi connectivity index (χ0n) is 19.4. The predicted molar refractivity (Wildman–Crippen MR) is 135 cm³/mol. The van der Waals surface area contributed by atoms with E-state index in [0.29, 0.717) is 0 Å². The van der Waals surface area contributed by atoms with Crippen LogP contribution in [0.3, 0.4) is 0 Å². The summed E-state index contributed by atoms with van der Waals surface area (Å²) in [6.07, 6.45) is 19.4. The van der Waals surface area contributed by atoms with Gasteiger partial charge in [0.1, 0.15) is 0 Å². The van der Waals surface area contributed by atoms with Gasteiger partial charge in [0.25, 0.3) is 0 Å². The number of carbonyl (C=O) groups excluding carboxylic acids is 1. The van der Waals surface area contributed by atoms with Crippen molar-refractivity contribution in [1.29, 1.82) is 0 Å². The molecule has 2 aliphatic rings. The summed E-state index contributed by atoms with van der Waals surface area (Å²) in [4.78, 5) is 11.9. The number of hydrogen-bond acceptors (Lipinski definition) is 1. The Balaban J connectivity index is 0.000000568. The molecule has 0 bridgehead atoms. The molecule has 168 valence electrons. The summed E-state index contributed by atoms with van der Waals surface area (Å²) in [5.74, 6) is 1.26. The standard InChI is InChI=1S/C25H26NO.C5H5.Fe/c1-4-23(19-10-8-9-11-19)24(20-12-6-5-7-13-20)21-14-16-22(17-15-21)26-25(27)18(2)3;1-2-4-5-3-1;/h5-18H,4H2,1-3H3,(H,26,27);1-5H;/q;;+2/b24-23-;;. The fourth-order valence-corrected chi connectivity index (χ4v) is 3.55. The topological polar surface area (TPSA) is 29.1 Å². The average molecular weight is 477 g/mol. The van der Waals surface area contributed by atoms with E-state index < -0.39 is 0 Å². The van der Waals surface area contributed by atoms with Gasteiger partial charge in [-0.15, -0.1) is 0 Å². The van der Waals surface area contributed by atoms with Gasteiger partial charge in [0.2, 0.25) is 5.91 Å². The summed E-state index contributed by atoms with van der Waals surface area (Å²) in [7, 11) is 0. The molecule has 1 N–H and O–H groups in total. The quantitative estimate of drug-likeness (QED) is 0.450. The second-order valence-corrected chi connectivity index (χ2v) is 7.93. The summed E-state index contributed by atoms with van der Waals surface area (Å²) >= 11 is 0. The Morgan fingerprint density at radius 1 is 0.758 bits per heavy atom. The van der Waals surface area contributed by atoms with Gasteiger partial charge in [-0.25, -0.2) is 0 Å². The molecule has 0 saturated heterocycles. The summed E-state index contributed by atoms with van der Waals surface area (Å²) in [6, 6.07) is 18.7. The number of carbonyl (C=O) groups is 1. The van der Waals surface area contributed by atoms with Gasteiger partial charge in [-0.05, 0) is 93.0 Å². The maximum atomic E-state index is 11.9. The number of benzene rings is 2. The van der Waals surface area contributed by atoms with Crippen LogP contribution < -0.4 is 5.32 Å². The van der Waals surface area contributed by atoms with E-state index in [0.717, 1.165) is 17.7 Å². The van der Waals surface area contributed by atoms with Gasteiger partial charge in [0, 0.05) is 17.5 Å². The normalized spacial score (nSPS) is 16.5. The first-order valence-electron chi connectivity index (χ1n) is 11.2. The SMILES string of the molecule is CC/C([C]1[CH][CH][CH][CH]1)=C(\c1ccccc1)c1ccc(NC(=O)C(C)C)cc1.[CH]1[CH][CH][CH][CH]1.[Fe+2]. The fourth-order valence-electron chi connectivity index (χ4n) is 3.55. The molecule has 2 aliphatic carbocycles. The first-order valence-corrected chi connectivity index (χ1v) is 11.2. The van der Waals surface area contributed by atoms with E-state index in [2.05, 4.69) is 74.3 Å². The summed E-state index contributed by atoms with van der Waals surface area (Å²) in [6.45, 7) is 5.99. The van der Waals surface area contributed by atoms with Gasteiger partial charge < -0.3 is 5.32 Å². The number of allylic oxidation sites excluding steroid dienone is 1. The summed E-state index contributed by atoms with van der Waals surface area (Å²) < 4.78 is 0. The van der Waals surface area contributed by atoms with E-state index in [9.17, 15) is 4.79 Å². The van der Waals surface area contributed by atoms with Gasteiger partial charge >= 0.3 is 17.1 Å². The fraction of sp³-hybridized carbons (Fsp3) is 0.167. The molecule has 0 unspecified atom stereocenters. The van der Waals surface area contributed by atoms with Crippen LogP contribution in [0.1, 0.15) is 38.3 Å². The molecule has 2 fully saturated rings. The Kier molecular flexibility index (Phi) is 12.0. The Hall–Kier alpha value is -1.83. The van der Waals surface area contributed by atoms with Crippen LogP contribution in [0.25, 0.3) is 5.57 Å². The van der Waals surface area contributed by atoms with Crippen LogP contribution in [-0.2, 0) is 21.9 Å². The van der Waals surface area contributed by atoms with Crippen molar-refractivity contribution < 1.29 is 21.9 Å².